The van der Waals surface area contributed by atoms with Crippen LogP contribution in [0, 0.1) is 0 Å². The van der Waals surface area contributed by atoms with Crippen LogP contribution in [0.15, 0.2) is 54.6 Å². The van der Waals surface area contributed by atoms with E-state index in [1.165, 1.54) is 0 Å². The van der Waals surface area contributed by atoms with Crippen LogP contribution in [0.1, 0.15) is 17.4 Å². The minimum absolute atomic E-state index is 0.121. The van der Waals surface area contributed by atoms with Crippen molar-refractivity contribution in [3.8, 4) is 0 Å². The van der Waals surface area contributed by atoms with Crippen LogP contribution in [0.3, 0.4) is 0 Å². The van der Waals surface area contributed by atoms with Crippen LogP contribution in [0.5, 0.6) is 0 Å². The number of amides is 1. The second kappa shape index (κ2) is 7.51. The second-order valence-corrected chi connectivity index (χ2v) is 6.21. The predicted octanol–water partition coefficient (Wildman–Crippen LogP) is 2.86. The number of para-hydroxylation sites is 1. The number of halogens is 1. The van der Waals surface area contributed by atoms with E-state index in [9.17, 15) is 9.90 Å². The number of rotatable bonds is 5. The molecule has 0 spiro atoms. The summed E-state index contributed by atoms with van der Waals surface area (Å²) in [4.78, 5) is 16.6. The smallest absolute Gasteiger partial charge is 0.226 e. The minimum Gasteiger partial charge on any atom is -0.397 e. The highest BCUT2D eigenvalue weighted by molar-refractivity contribution is 6.30. The third kappa shape index (κ3) is 4.26. The van der Waals surface area contributed by atoms with Gasteiger partial charge in [0.05, 0.1) is 29.4 Å². The first-order valence-corrected chi connectivity index (χ1v) is 8.25. The molecule has 1 unspecified atom stereocenters. The molecule has 3 rings (SSSR count). The number of fused-ring (bicyclic) bond motifs is 1. The monoisotopic (exact) mass is 355 g/mol. The zero-order chi connectivity index (χ0) is 17.8. The summed E-state index contributed by atoms with van der Waals surface area (Å²) in [6.07, 6.45) is -0.668. The first-order valence-electron chi connectivity index (χ1n) is 7.87. The minimum atomic E-state index is -0.790. The van der Waals surface area contributed by atoms with Gasteiger partial charge in [-0.15, -0.1) is 0 Å². The van der Waals surface area contributed by atoms with Gasteiger partial charge in [0.2, 0.25) is 5.91 Å². The van der Waals surface area contributed by atoms with Crippen molar-refractivity contribution in [3.05, 3.63) is 70.9 Å². The van der Waals surface area contributed by atoms with E-state index in [0.717, 1.165) is 5.39 Å². The molecule has 0 bridgehead atoms. The lowest BCUT2D eigenvalue weighted by atomic mass is 10.1. The van der Waals surface area contributed by atoms with Crippen LogP contribution >= 0.6 is 11.6 Å². The number of carbonyl (C=O) groups excluding carboxylic acids is 1. The molecule has 1 amide bonds. The number of benzene rings is 2. The van der Waals surface area contributed by atoms with E-state index in [0.29, 0.717) is 27.5 Å². The second-order valence-electron chi connectivity index (χ2n) is 5.77. The van der Waals surface area contributed by atoms with Crippen LogP contribution in [0.2, 0.25) is 5.02 Å². The summed E-state index contributed by atoms with van der Waals surface area (Å²) in [5.41, 5.74) is 8.52. The summed E-state index contributed by atoms with van der Waals surface area (Å²) in [5.74, 6) is -0.214. The molecule has 3 aromatic rings. The molecule has 0 aliphatic carbocycles. The lowest BCUT2D eigenvalue weighted by Crippen LogP contribution is -2.29. The fourth-order valence-electron chi connectivity index (χ4n) is 2.55. The number of hydrogen-bond donors (Lipinski definition) is 3. The Morgan fingerprint density at radius 2 is 1.92 bits per heavy atom. The van der Waals surface area contributed by atoms with Crippen LogP contribution in [-0.2, 0) is 11.2 Å². The molecule has 1 heterocycles. The largest absolute Gasteiger partial charge is 0.397 e. The standard InChI is InChI=1S/C19H18ClN3O2/c20-14-7-4-12(5-8-14)17(24)11-22-18(25)10-15-9-6-13-2-1-3-16(21)19(13)23-15/h1-9,17,24H,10-11,21H2,(H,22,25). The Balaban J connectivity index is 1.60. The van der Waals surface area contributed by atoms with Gasteiger partial charge < -0.3 is 16.2 Å². The molecule has 1 aromatic heterocycles. The van der Waals surface area contributed by atoms with Crippen molar-refractivity contribution in [2.45, 2.75) is 12.5 Å². The molecule has 0 saturated heterocycles. The third-order valence-electron chi connectivity index (χ3n) is 3.90. The molecule has 0 radical (unpaired) electrons. The number of nitrogens with two attached hydrogens (primary N) is 1. The first kappa shape index (κ1) is 17.2. The number of hydrogen-bond acceptors (Lipinski definition) is 4. The van der Waals surface area contributed by atoms with E-state index in [1.54, 1.807) is 36.4 Å². The molecule has 6 heteroatoms. The highest BCUT2D eigenvalue weighted by Crippen LogP contribution is 2.19. The molecule has 128 valence electrons. The Kier molecular flexibility index (Phi) is 5.16. The van der Waals surface area contributed by atoms with Crippen molar-refractivity contribution in [3.63, 3.8) is 0 Å². The van der Waals surface area contributed by atoms with Crippen LogP contribution in [0.25, 0.3) is 10.9 Å². The van der Waals surface area contributed by atoms with Gasteiger partial charge in [0.1, 0.15) is 0 Å². The molecule has 0 aliphatic rings. The molecule has 25 heavy (non-hydrogen) atoms. The van der Waals surface area contributed by atoms with Crippen molar-refractivity contribution in [1.82, 2.24) is 10.3 Å². The number of anilines is 1. The Morgan fingerprint density at radius 3 is 2.68 bits per heavy atom. The normalized spacial score (nSPS) is 12.1. The Labute approximate surface area is 150 Å². The summed E-state index contributed by atoms with van der Waals surface area (Å²) in [7, 11) is 0. The van der Waals surface area contributed by atoms with Gasteiger partial charge in [-0.2, -0.15) is 0 Å². The van der Waals surface area contributed by atoms with Gasteiger partial charge in [0, 0.05) is 17.0 Å². The average molecular weight is 356 g/mol. The molecule has 0 saturated carbocycles. The molecule has 1 atom stereocenters. The van der Waals surface area contributed by atoms with Crippen LogP contribution < -0.4 is 11.1 Å². The molecule has 0 aliphatic heterocycles. The van der Waals surface area contributed by atoms with E-state index < -0.39 is 6.10 Å². The molecule has 4 N–H and O–H groups in total. The lowest BCUT2D eigenvalue weighted by Gasteiger charge is -2.12. The van der Waals surface area contributed by atoms with Crippen molar-refractivity contribution in [2.24, 2.45) is 0 Å². The zero-order valence-corrected chi connectivity index (χ0v) is 14.2. The topological polar surface area (TPSA) is 88.2 Å². The van der Waals surface area contributed by atoms with Gasteiger partial charge in [-0.3, -0.25) is 9.78 Å². The molecular weight excluding hydrogens is 338 g/mol. The fraction of sp³-hybridized carbons (Fsp3) is 0.158. The number of aromatic nitrogens is 1. The van der Waals surface area contributed by atoms with Crippen molar-refractivity contribution in [1.29, 1.82) is 0 Å². The average Bonchev–Trinajstić information content (AvgIpc) is 2.61. The summed E-state index contributed by atoms with van der Waals surface area (Å²) < 4.78 is 0. The van der Waals surface area contributed by atoms with E-state index >= 15 is 0 Å². The van der Waals surface area contributed by atoms with Gasteiger partial charge in [-0.05, 0) is 29.8 Å². The van der Waals surface area contributed by atoms with E-state index in [-0.39, 0.29) is 18.9 Å². The summed E-state index contributed by atoms with van der Waals surface area (Å²) in [6, 6.07) is 16.1. The maximum absolute atomic E-state index is 12.1. The number of aliphatic hydroxyl groups excluding tert-OH is 1. The number of pyridine rings is 1. The van der Waals surface area contributed by atoms with Gasteiger partial charge in [-0.1, -0.05) is 41.9 Å². The summed E-state index contributed by atoms with van der Waals surface area (Å²) in [5, 5.41) is 14.4. The van der Waals surface area contributed by atoms with Gasteiger partial charge in [0.25, 0.3) is 0 Å². The van der Waals surface area contributed by atoms with E-state index in [4.69, 9.17) is 17.3 Å². The Hall–Kier alpha value is -2.63. The number of nitrogens with one attached hydrogen (secondary N) is 1. The van der Waals surface area contributed by atoms with E-state index in [2.05, 4.69) is 10.3 Å². The predicted molar refractivity (Wildman–Crippen MR) is 99.3 cm³/mol. The van der Waals surface area contributed by atoms with Gasteiger partial charge in [-0.25, -0.2) is 0 Å². The van der Waals surface area contributed by atoms with Crippen molar-refractivity contribution in [2.75, 3.05) is 12.3 Å². The third-order valence-corrected chi connectivity index (χ3v) is 4.15. The SMILES string of the molecule is Nc1cccc2ccc(CC(=O)NCC(O)c3ccc(Cl)cc3)nc12. The number of carbonyl (C=O) groups is 1. The lowest BCUT2D eigenvalue weighted by molar-refractivity contribution is -0.120. The van der Waals surface area contributed by atoms with Gasteiger partial charge in [0.15, 0.2) is 0 Å². The maximum atomic E-state index is 12.1. The molecular formula is C19H18ClN3O2. The van der Waals surface area contributed by atoms with E-state index in [1.807, 2.05) is 18.2 Å². The zero-order valence-electron chi connectivity index (χ0n) is 13.4. The van der Waals surface area contributed by atoms with Crippen molar-refractivity contribution < 1.29 is 9.90 Å². The Morgan fingerprint density at radius 1 is 1.16 bits per heavy atom. The Bertz CT molecular complexity index is 897. The number of aliphatic hydroxyl groups is 1. The summed E-state index contributed by atoms with van der Waals surface area (Å²) in [6.45, 7) is 0.121. The fourth-order valence-corrected chi connectivity index (χ4v) is 2.68. The van der Waals surface area contributed by atoms with Crippen LogP contribution in [-0.4, -0.2) is 22.5 Å². The molecule has 5 nitrogen and oxygen atoms in total. The quantitative estimate of drug-likeness (QED) is 0.614. The highest BCUT2D eigenvalue weighted by atomic mass is 35.5. The molecule has 0 fully saturated rings. The number of nitrogens with zero attached hydrogens (tertiary/aromatic N) is 1. The van der Waals surface area contributed by atoms with Gasteiger partial charge >= 0.3 is 0 Å². The van der Waals surface area contributed by atoms with Crippen LogP contribution in [0.4, 0.5) is 5.69 Å². The maximum Gasteiger partial charge on any atom is 0.226 e. The first-order chi connectivity index (χ1) is 12.0. The molecule has 2 aromatic carbocycles. The van der Waals surface area contributed by atoms with Crippen molar-refractivity contribution >= 4 is 34.1 Å². The summed E-state index contributed by atoms with van der Waals surface area (Å²) >= 11 is 5.82. The highest BCUT2D eigenvalue weighted by Gasteiger charge is 2.11. The number of nitrogen functional groups attached to an aromatic ring is 1.